The Balaban J connectivity index is 1.79. The van der Waals surface area contributed by atoms with Crippen LogP contribution < -0.4 is 9.64 Å². The highest BCUT2D eigenvalue weighted by molar-refractivity contribution is 6.01. The molecule has 3 rings (SSSR count). The molecule has 1 fully saturated rings. The van der Waals surface area contributed by atoms with Crippen molar-refractivity contribution in [3.05, 3.63) is 59.7 Å². The molecular formula is C23H28N2O3. The third-order valence-corrected chi connectivity index (χ3v) is 5.20. The molecule has 0 bridgehead atoms. The Bertz CT molecular complexity index is 848. The second kappa shape index (κ2) is 8.46. The molecule has 148 valence electrons. The van der Waals surface area contributed by atoms with Crippen molar-refractivity contribution in [3.63, 3.8) is 0 Å². The molecule has 5 nitrogen and oxygen atoms in total. The quantitative estimate of drug-likeness (QED) is 0.766. The van der Waals surface area contributed by atoms with Crippen molar-refractivity contribution in [2.24, 2.45) is 5.92 Å². The number of amides is 2. The normalized spacial score (nSPS) is 16.5. The second-order valence-corrected chi connectivity index (χ2v) is 7.63. The van der Waals surface area contributed by atoms with E-state index in [1.165, 1.54) is 0 Å². The summed E-state index contributed by atoms with van der Waals surface area (Å²) in [5, 5.41) is 0. The highest BCUT2D eigenvalue weighted by Gasteiger charge is 2.38. The predicted molar refractivity (Wildman–Crippen MR) is 110 cm³/mol. The summed E-state index contributed by atoms with van der Waals surface area (Å²) in [6.45, 7) is 6.94. The molecule has 0 spiro atoms. The van der Waals surface area contributed by atoms with Crippen LogP contribution in [0.15, 0.2) is 48.5 Å². The molecule has 1 atom stereocenters. The number of rotatable bonds is 6. The Hall–Kier alpha value is -2.82. The van der Waals surface area contributed by atoms with Crippen molar-refractivity contribution in [2.45, 2.75) is 39.8 Å². The topological polar surface area (TPSA) is 49.9 Å². The van der Waals surface area contributed by atoms with Gasteiger partial charge in [-0.1, -0.05) is 36.4 Å². The van der Waals surface area contributed by atoms with Gasteiger partial charge in [-0.25, -0.2) is 0 Å². The summed E-state index contributed by atoms with van der Waals surface area (Å²) in [6.07, 6.45) is 0.230. The van der Waals surface area contributed by atoms with E-state index >= 15 is 0 Å². The molecule has 2 amide bonds. The van der Waals surface area contributed by atoms with Crippen molar-refractivity contribution in [2.75, 3.05) is 18.6 Å². The van der Waals surface area contributed by atoms with Gasteiger partial charge in [-0.15, -0.1) is 0 Å². The minimum atomic E-state index is -0.344. The molecule has 1 aliphatic rings. The fourth-order valence-corrected chi connectivity index (χ4v) is 3.65. The molecule has 5 heteroatoms. The molecule has 2 aromatic rings. The highest BCUT2D eigenvalue weighted by atomic mass is 16.5. The molecule has 0 N–H and O–H groups in total. The SMILES string of the molecule is COc1ccc(C)cc1N1CC(C(=O)N(Cc2ccccc2)C(C)C)CC1=O. The van der Waals surface area contributed by atoms with E-state index in [4.69, 9.17) is 4.74 Å². The lowest BCUT2D eigenvalue weighted by atomic mass is 10.1. The monoisotopic (exact) mass is 380 g/mol. The Kier molecular flexibility index (Phi) is 6.02. The van der Waals surface area contributed by atoms with E-state index < -0.39 is 0 Å². The van der Waals surface area contributed by atoms with E-state index in [-0.39, 0.29) is 30.2 Å². The highest BCUT2D eigenvalue weighted by Crippen LogP contribution is 2.34. The molecule has 1 heterocycles. The molecule has 0 saturated carbocycles. The summed E-state index contributed by atoms with van der Waals surface area (Å²) in [6, 6.07) is 15.8. The lowest BCUT2D eigenvalue weighted by molar-refractivity contribution is -0.138. The van der Waals surface area contributed by atoms with Crippen molar-refractivity contribution in [1.29, 1.82) is 0 Å². The summed E-state index contributed by atoms with van der Waals surface area (Å²) in [5.74, 6) is 0.299. The Labute approximate surface area is 166 Å². The van der Waals surface area contributed by atoms with Gasteiger partial charge in [0.05, 0.1) is 18.7 Å². The van der Waals surface area contributed by atoms with Crippen molar-refractivity contribution in [1.82, 2.24) is 4.90 Å². The van der Waals surface area contributed by atoms with E-state index in [0.29, 0.717) is 18.8 Å². The van der Waals surface area contributed by atoms with Gasteiger partial charge in [0.15, 0.2) is 0 Å². The maximum Gasteiger partial charge on any atom is 0.228 e. The van der Waals surface area contributed by atoms with E-state index in [1.54, 1.807) is 12.0 Å². The number of ether oxygens (including phenoxy) is 1. The average Bonchev–Trinajstić information content (AvgIpc) is 3.07. The summed E-state index contributed by atoms with van der Waals surface area (Å²) < 4.78 is 5.43. The van der Waals surface area contributed by atoms with E-state index in [1.807, 2.05) is 74.2 Å². The third kappa shape index (κ3) is 4.19. The zero-order chi connectivity index (χ0) is 20.3. The van der Waals surface area contributed by atoms with Crippen LogP contribution in [0.1, 0.15) is 31.4 Å². The van der Waals surface area contributed by atoms with Crippen LogP contribution in [-0.4, -0.2) is 36.4 Å². The molecule has 28 heavy (non-hydrogen) atoms. The van der Waals surface area contributed by atoms with Gasteiger partial charge in [0.25, 0.3) is 0 Å². The summed E-state index contributed by atoms with van der Waals surface area (Å²) in [4.78, 5) is 29.5. The van der Waals surface area contributed by atoms with Crippen LogP contribution >= 0.6 is 0 Å². The van der Waals surface area contributed by atoms with Crippen LogP contribution in [0.3, 0.4) is 0 Å². The fraction of sp³-hybridized carbons (Fsp3) is 0.391. The summed E-state index contributed by atoms with van der Waals surface area (Å²) in [7, 11) is 1.59. The smallest absolute Gasteiger partial charge is 0.228 e. The first-order valence-corrected chi connectivity index (χ1v) is 9.70. The Morgan fingerprint density at radius 3 is 2.57 bits per heavy atom. The lowest BCUT2D eigenvalue weighted by Crippen LogP contribution is -2.41. The molecule has 0 aromatic heterocycles. The molecule has 1 saturated heterocycles. The lowest BCUT2D eigenvalue weighted by Gasteiger charge is -2.29. The second-order valence-electron chi connectivity index (χ2n) is 7.63. The van der Waals surface area contributed by atoms with Gasteiger partial charge in [0, 0.05) is 25.6 Å². The van der Waals surface area contributed by atoms with E-state index in [2.05, 4.69) is 0 Å². The van der Waals surface area contributed by atoms with Crippen LogP contribution in [0.5, 0.6) is 5.75 Å². The maximum atomic E-state index is 13.3. The Morgan fingerprint density at radius 2 is 1.93 bits per heavy atom. The molecule has 0 aliphatic carbocycles. The third-order valence-electron chi connectivity index (χ3n) is 5.20. The molecule has 1 unspecified atom stereocenters. The number of aryl methyl sites for hydroxylation is 1. The first kappa shape index (κ1) is 19.9. The van der Waals surface area contributed by atoms with Gasteiger partial charge in [0.2, 0.25) is 11.8 Å². The number of carbonyl (C=O) groups excluding carboxylic acids is 2. The van der Waals surface area contributed by atoms with Crippen LogP contribution in [0.2, 0.25) is 0 Å². The van der Waals surface area contributed by atoms with Gasteiger partial charge in [0.1, 0.15) is 5.75 Å². The average molecular weight is 380 g/mol. The minimum Gasteiger partial charge on any atom is -0.495 e. The number of hydrogen-bond donors (Lipinski definition) is 0. The number of methoxy groups -OCH3 is 1. The van der Waals surface area contributed by atoms with E-state index in [0.717, 1.165) is 16.8 Å². The van der Waals surface area contributed by atoms with Gasteiger partial charge in [-0.3, -0.25) is 9.59 Å². The fourth-order valence-electron chi connectivity index (χ4n) is 3.65. The number of benzene rings is 2. The molecule has 0 radical (unpaired) electrons. The summed E-state index contributed by atoms with van der Waals surface area (Å²) >= 11 is 0. The van der Waals surface area contributed by atoms with Gasteiger partial charge in [-0.05, 0) is 44.0 Å². The number of hydrogen-bond acceptors (Lipinski definition) is 3. The van der Waals surface area contributed by atoms with Gasteiger partial charge < -0.3 is 14.5 Å². The van der Waals surface area contributed by atoms with Crippen molar-refractivity contribution in [3.8, 4) is 5.75 Å². The van der Waals surface area contributed by atoms with Crippen molar-refractivity contribution < 1.29 is 14.3 Å². The van der Waals surface area contributed by atoms with Gasteiger partial charge in [-0.2, -0.15) is 0 Å². The minimum absolute atomic E-state index is 0.0290. The molecular weight excluding hydrogens is 352 g/mol. The first-order chi connectivity index (χ1) is 13.4. The molecule has 1 aliphatic heterocycles. The number of carbonyl (C=O) groups is 2. The van der Waals surface area contributed by atoms with Crippen LogP contribution in [0.25, 0.3) is 0 Å². The molecule has 2 aromatic carbocycles. The zero-order valence-corrected chi connectivity index (χ0v) is 17.0. The van der Waals surface area contributed by atoms with Crippen LogP contribution in [0.4, 0.5) is 5.69 Å². The predicted octanol–water partition coefficient (Wildman–Crippen LogP) is 3.79. The van der Waals surface area contributed by atoms with Crippen molar-refractivity contribution >= 4 is 17.5 Å². The first-order valence-electron chi connectivity index (χ1n) is 9.70. The standard InChI is InChI=1S/C23H28N2O3/c1-16(2)24(14-18-8-6-5-7-9-18)23(27)19-13-22(26)25(15-19)20-12-17(3)10-11-21(20)28-4/h5-12,16,19H,13-15H2,1-4H3. The van der Waals surface area contributed by atoms with Crippen LogP contribution in [0, 0.1) is 12.8 Å². The number of nitrogens with zero attached hydrogens (tertiary/aromatic N) is 2. The maximum absolute atomic E-state index is 13.3. The zero-order valence-electron chi connectivity index (χ0n) is 17.0. The Morgan fingerprint density at radius 1 is 1.21 bits per heavy atom. The number of anilines is 1. The van der Waals surface area contributed by atoms with E-state index in [9.17, 15) is 9.59 Å². The summed E-state index contributed by atoms with van der Waals surface area (Å²) in [5.41, 5.74) is 2.87. The van der Waals surface area contributed by atoms with Crippen LogP contribution in [-0.2, 0) is 16.1 Å². The van der Waals surface area contributed by atoms with Gasteiger partial charge >= 0.3 is 0 Å². The largest absolute Gasteiger partial charge is 0.495 e.